The van der Waals surface area contributed by atoms with E-state index in [1.807, 2.05) is 43.6 Å². The van der Waals surface area contributed by atoms with E-state index < -0.39 is 0 Å². The highest BCUT2D eigenvalue weighted by Crippen LogP contribution is 2.20. The smallest absolute Gasteiger partial charge is 0.301 e. The minimum Gasteiger partial charge on any atom is -0.423 e. The van der Waals surface area contributed by atoms with E-state index in [2.05, 4.69) is 15.4 Å². The van der Waals surface area contributed by atoms with Gasteiger partial charge in [-0.05, 0) is 12.1 Å². The van der Waals surface area contributed by atoms with Gasteiger partial charge in [0.2, 0.25) is 0 Å². The zero-order valence-electron chi connectivity index (χ0n) is 8.71. The topological polar surface area (TPSA) is 55.9 Å². The lowest BCUT2D eigenvalue weighted by Crippen LogP contribution is -1.93. The molecule has 80 valence electrons. The lowest BCUT2D eigenvalue weighted by Gasteiger charge is -1.93. The standard InChI is InChI=1S/C11H10N4O/c1-15-7-6-10(14-15)13-11-12-8-4-2-3-5-9(8)16-11/h2-7H,1H3,(H,12,13,14). The zero-order valence-corrected chi connectivity index (χ0v) is 8.71. The summed E-state index contributed by atoms with van der Waals surface area (Å²) in [6.07, 6.45) is 1.85. The third kappa shape index (κ3) is 1.52. The first-order valence-electron chi connectivity index (χ1n) is 4.93. The second-order valence-electron chi connectivity index (χ2n) is 3.49. The molecule has 1 aromatic carbocycles. The van der Waals surface area contributed by atoms with Crippen LogP contribution in [0.1, 0.15) is 0 Å². The summed E-state index contributed by atoms with van der Waals surface area (Å²) in [5.41, 5.74) is 1.60. The zero-order chi connectivity index (χ0) is 11.0. The van der Waals surface area contributed by atoms with Crippen molar-refractivity contribution in [3.8, 4) is 0 Å². The minimum absolute atomic E-state index is 0.458. The third-order valence-electron chi connectivity index (χ3n) is 2.24. The molecule has 0 amide bonds. The number of hydrogen-bond acceptors (Lipinski definition) is 4. The second-order valence-corrected chi connectivity index (χ2v) is 3.49. The Hall–Kier alpha value is -2.30. The van der Waals surface area contributed by atoms with Crippen molar-refractivity contribution in [2.75, 3.05) is 5.32 Å². The first-order valence-corrected chi connectivity index (χ1v) is 4.93. The minimum atomic E-state index is 0.458. The van der Waals surface area contributed by atoms with Gasteiger partial charge in [-0.2, -0.15) is 10.1 Å². The van der Waals surface area contributed by atoms with Gasteiger partial charge >= 0.3 is 6.01 Å². The number of aryl methyl sites for hydroxylation is 1. The molecule has 2 heterocycles. The van der Waals surface area contributed by atoms with E-state index in [0.717, 1.165) is 11.1 Å². The van der Waals surface area contributed by atoms with Crippen molar-refractivity contribution >= 4 is 22.9 Å². The number of anilines is 2. The Balaban J connectivity index is 1.95. The molecule has 0 spiro atoms. The summed E-state index contributed by atoms with van der Waals surface area (Å²) in [6, 6.07) is 9.94. The maximum atomic E-state index is 5.51. The predicted molar refractivity (Wildman–Crippen MR) is 60.5 cm³/mol. The number of nitrogens with one attached hydrogen (secondary N) is 1. The Morgan fingerprint density at radius 1 is 1.25 bits per heavy atom. The Kier molecular flexibility index (Phi) is 1.89. The molecule has 2 aromatic heterocycles. The predicted octanol–water partition coefficient (Wildman–Crippen LogP) is 2.30. The Bertz CT molecular complexity index is 592. The fourth-order valence-electron chi connectivity index (χ4n) is 1.52. The molecule has 0 fully saturated rings. The number of para-hydroxylation sites is 2. The van der Waals surface area contributed by atoms with Crippen LogP contribution in [0.5, 0.6) is 0 Å². The van der Waals surface area contributed by atoms with Crippen molar-refractivity contribution in [3.63, 3.8) is 0 Å². The molecule has 0 saturated heterocycles. The highest BCUT2D eigenvalue weighted by Gasteiger charge is 2.05. The Morgan fingerprint density at radius 2 is 2.12 bits per heavy atom. The van der Waals surface area contributed by atoms with Crippen LogP contribution in [-0.4, -0.2) is 14.8 Å². The van der Waals surface area contributed by atoms with Crippen LogP contribution in [-0.2, 0) is 7.05 Å². The van der Waals surface area contributed by atoms with Gasteiger partial charge in [0.15, 0.2) is 11.4 Å². The van der Waals surface area contributed by atoms with Gasteiger partial charge < -0.3 is 4.42 Å². The van der Waals surface area contributed by atoms with E-state index in [-0.39, 0.29) is 0 Å². The maximum absolute atomic E-state index is 5.51. The fourth-order valence-corrected chi connectivity index (χ4v) is 1.52. The number of aromatic nitrogens is 3. The van der Waals surface area contributed by atoms with Crippen LogP contribution in [0.4, 0.5) is 11.8 Å². The monoisotopic (exact) mass is 214 g/mol. The van der Waals surface area contributed by atoms with Crippen LogP contribution in [0, 0.1) is 0 Å². The van der Waals surface area contributed by atoms with E-state index in [4.69, 9.17) is 4.42 Å². The molecule has 0 atom stereocenters. The van der Waals surface area contributed by atoms with Crippen molar-refractivity contribution in [1.29, 1.82) is 0 Å². The molecule has 5 heteroatoms. The van der Waals surface area contributed by atoms with E-state index in [1.165, 1.54) is 0 Å². The van der Waals surface area contributed by atoms with E-state index >= 15 is 0 Å². The van der Waals surface area contributed by atoms with Crippen molar-refractivity contribution in [1.82, 2.24) is 14.8 Å². The lowest BCUT2D eigenvalue weighted by molar-refractivity contribution is 0.621. The highest BCUT2D eigenvalue weighted by molar-refractivity contribution is 5.74. The van der Waals surface area contributed by atoms with Crippen LogP contribution < -0.4 is 5.32 Å². The number of oxazole rings is 1. The van der Waals surface area contributed by atoms with Crippen LogP contribution >= 0.6 is 0 Å². The molecule has 0 unspecified atom stereocenters. The molecule has 3 rings (SSSR count). The molecule has 0 aliphatic carbocycles. The normalized spacial score (nSPS) is 10.8. The van der Waals surface area contributed by atoms with Gasteiger partial charge in [0.1, 0.15) is 5.52 Å². The molecule has 0 radical (unpaired) electrons. The van der Waals surface area contributed by atoms with E-state index in [1.54, 1.807) is 4.68 Å². The average molecular weight is 214 g/mol. The van der Waals surface area contributed by atoms with Gasteiger partial charge in [-0.3, -0.25) is 10.00 Å². The summed E-state index contributed by atoms with van der Waals surface area (Å²) in [6.45, 7) is 0. The summed E-state index contributed by atoms with van der Waals surface area (Å²) in [7, 11) is 1.86. The van der Waals surface area contributed by atoms with Crippen LogP contribution in [0.25, 0.3) is 11.1 Å². The number of fused-ring (bicyclic) bond motifs is 1. The summed E-state index contributed by atoms with van der Waals surface area (Å²) < 4.78 is 7.22. The Labute approximate surface area is 91.7 Å². The van der Waals surface area contributed by atoms with Gasteiger partial charge in [0.25, 0.3) is 0 Å². The van der Waals surface area contributed by atoms with Crippen LogP contribution in [0.2, 0.25) is 0 Å². The van der Waals surface area contributed by atoms with Gasteiger partial charge in [-0.1, -0.05) is 12.1 Å². The van der Waals surface area contributed by atoms with E-state index in [0.29, 0.717) is 11.8 Å². The first-order chi connectivity index (χ1) is 7.81. The van der Waals surface area contributed by atoms with E-state index in [9.17, 15) is 0 Å². The number of nitrogens with zero attached hydrogens (tertiary/aromatic N) is 3. The quantitative estimate of drug-likeness (QED) is 0.711. The summed E-state index contributed by atoms with van der Waals surface area (Å²) in [5, 5.41) is 7.19. The molecule has 0 aliphatic rings. The molecule has 3 aromatic rings. The molecule has 1 N–H and O–H groups in total. The molecule has 0 saturated carbocycles. The van der Waals surface area contributed by atoms with Gasteiger partial charge in [0, 0.05) is 19.3 Å². The molecule has 5 nitrogen and oxygen atoms in total. The third-order valence-corrected chi connectivity index (χ3v) is 2.24. The van der Waals surface area contributed by atoms with Crippen molar-refractivity contribution < 1.29 is 4.42 Å². The van der Waals surface area contributed by atoms with Gasteiger partial charge in [-0.15, -0.1) is 0 Å². The van der Waals surface area contributed by atoms with Crippen molar-refractivity contribution in [2.24, 2.45) is 7.05 Å². The average Bonchev–Trinajstić information content (AvgIpc) is 2.84. The van der Waals surface area contributed by atoms with Crippen LogP contribution in [0.15, 0.2) is 40.9 Å². The number of benzene rings is 1. The lowest BCUT2D eigenvalue weighted by atomic mass is 10.3. The molecular weight excluding hydrogens is 204 g/mol. The molecule has 0 aliphatic heterocycles. The van der Waals surface area contributed by atoms with Gasteiger partial charge in [0.05, 0.1) is 0 Å². The Morgan fingerprint density at radius 3 is 2.88 bits per heavy atom. The van der Waals surface area contributed by atoms with Gasteiger partial charge in [-0.25, -0.2) is 0 Å². The fraction of sp³-hybridized carbons (Fsp3) is 0.0909. The summed E-state index contributed by atoms with van der Waals surface area (Å²) >= 11 is 0. The summed E-state index contributed by atoms with van der Waals surface area (Å²) in [5.74, 6) is 0.717. The van der Waals surface area contributed by atoms with Crippen LogP contribution in [0.3, 0.4) is 0 Å². The SMILES string of the molecule is Cn1ccc(Nc2nc3ccccc3o2)n1. The maximum Gasteiger partial charge on any atom is 0.301 e. The second kappa shape index (κ2) is 3.37. The molecule has 0 bridgehead atoms. The van der Waals surface area contributed by atoms with Crippen molar-refractivity contribution in [3.05, 3.63) is 36.5 Å². The molecule has 16 heavy (non-hydrogen) atoms. The number of hydrogen-bond donors (Lipinski definition) is 1. The highest BCUT2D eigenvalue weighted by atomic mass is 16.4. The largest absolute Gasteiger partial charge is 0.423 e. The number of rotatable bonds is 2. The summed E-state index contributed by atoms with van der Waals surface area (Å²) in [4.78, 5) is 4.29. The first kappa shape index (κ1) is 8.96. The molecular formula is C11H10N4O. The van der Waals surface area contributed by atoms with Crippen molar-refractivity contribution in [2.45, 2.75) is 0 Å².